The number of hydrogen-bond acceptors (Lipinski definition) is 3. The second kappa shape index (κ2) is 2.77. The normalized spacial score (nSPS) is 10.5. The molecule has 0 unspecified atom stereocenters. The van der Waals surface area contributed by atoms with Crippen LogP contribution in [0.15, 0.2) is 11.4 Å². The molecule has 0 radical (unpaired) electrons. The van der Waals surface area contributed by atoms with Gasteiger partial charge in [0.15, 0.2) is 0 Å². The van der Waals surface area contributed by atoms with E-state index in [0.29, 0.717) is 5.75 Å². The SMILES string of the molecule is COc1csc2[nH]c(C(=O)O)cc12. The van der Waals surface area contributed by atoms with Crippen LogP contribution in [0.3, 0.4) is 0 Å². The highest BCUT2D eigenvalue weighted by Gasteiger charge is 2.11. The van der Waals surface area contributed by atoms with Crippen LogP contribution in [0.5, 0.6) is 5.75 Å². The minimum Gasteiger partial charge on any atom is -0.495 e. The number of fused-ring (bicyclic) bond motifs is 1. The van der Waals surface area contributed by atoms with E-state index in [1.165, 1.54) is 11.3 Å². The molecule has 5 heteroatoms. The number of aromatic amines is 1. The van der Waals surface area contributed by atoms with Crippen molar-refractivity contribution in [2.45, 2.75) is 0 Å². The monoisotopic (exact) mass is 197 g/mol. The number of nitrogens with one attached hydrogen (secondary N) is 1. The molecule has 0 fully saturated rings. The highest BCUT2D eigenvalue weighted by atomic mass is 32.1. The first-order chi connectivity index (χ1) is 6.22. The van der Waals surface area contributed by atoms with E-state index in [1.54, 1.807) is 13.2 Å². The largest absolute Gasteiger partial charge is 0.495 e. The van der Waals surface area contributed by atoms with Crippen LogP contribution in [0.25, 0.3) is 10.2 Å². The van der Waals surface area contributed by atoms with Gasteiger partial charge in [-0.05, 0) is 6.07 Å². The fraction of sp³-hybridized carbons (Fsp3) is 0.125. The molecular formula is C8H7NO3S. The molecule has 0 atom stereocenters. The van der Waals surface area contributed by atoms with Gasteiger partial charge in [0.05, 0.1) is 12.5 Å². The number of aromatic nitrogens is 1. The number of rotatable bonds is 2. The molecule has 0 aliphatic carbocycles. The van der Waals surface area contributed by atoms with Gasteiger partial charge in [0.1, 0.15) is 16.3 Å². The molecule has 0 aliphatic rings. The predicted octanol–water partition coefficient (Wildman–Crippen LogP) is 1.94. The van der Waals surface area contributed by atoms with E-state index >= 15 is 0 Å². The number of thiophene rings is 1. The summed E-state index contributed by atoms with van der Waals surface area (Å²) in [6.07, 6.45) is 0. The average molecular weight is 197 g/mol. The average Bonchev–Trinajstić information content (AvgIpc) is 2.60. The third-order valence-electron chi connectivity index (χ3n) is 1.78. The maximum Gasteiger partial charge on any atom is 0.352 e. The summed E-state index contributed by atoms with van der Waals surface area (Å²) in [5, 5.41) is 11.4. The molecule has 2 aromatic rings. The lowest BCUT2D eigenvalue weighted by Crippen LogP contribution is -1.94. The molecule has 68 valence electrons. The third-order valence-corrected chi connectivity index (χ3v) is 2.67. The zero-order valence-corrected chi connectivity index (χ0v) is 7.64. The Morgan fingerprint density at radius 3 is 3.08 bits per heavy atom. The Morgan fingerprint density at radius 2 is 2.46 bits per heavy atom. The van der Waals surface area contributed by atoms with Crippen molar-refractivity contribution in [3.05, 3.63) is 17.1 Å². The molecule has 2 aromatic heterocycles. The van der Waals surface area contributed by atoms with Crippen molar-refractivity contribution in [1.29, 1.82) is 0 Å². The standard InChI is InChI=1S/C8H7NO3S/c1-12-6-3-13-7-4(6)2-5(9-7)8(10)11/h2-3,9H,1H3,(H,10,11). The molecule has 0 aliphatic heterocycles. The van der Waals surface area contributed by atoms with Gasteiger partial charge in [-0.2, -0.15) is 0 Å². The van der Waals surface area contributed by atoms with Crippen molar-refractivity contribution in [3.63, 3.8) is 0 Å². The van der Waals surface area contributed by atoms with Crippen molar-refractivity contribution >= 4 is 27.5 Å². The molecule has 2 rings (SSSR count). The van der Waals surface area contributed by atoms with Gasteiger partial charge in [0, 0.05) is 5.38 Å². The first-order valence-electron chi connectivity index (χ1n) is 3.60. The summed E-state index contributed by atoms with van der Waals surface area (Å²) in [6.45, 7) is 0. The first-order valence-corrected chi connectivity index (χ1v) is 4.48. The minimum absolute atomic E-state index is 0.195. The second-order valence-electron chi connectivity index (χ2n) is 2.54. The molecule has 0 bridgehead atoms. The molecular weight excluding hydrogens is 190 g/mol. The van der Waals surface area contributed by atoms with Crippen molar-refractivity contribution in [3.8, 4) is 5.75 Å². The first kappa shape index (κ1) is 8.12. The highest BCUT2D eigenvalue weighted by molar-refractivity contribution is 7.17. The van der Waals surface area contributed by atoms with E-state index in [1.807, 2.05) is 5.38 Å². The Morgan fingerprint density at radius 1 is 1.69 bits per heavy atom. The van der Waals surface area contributed by atoms with Crippen molar-refractivity contribution in [1.82, 2.24) is 4.98 Å². The smallest absolute Gasteiger partial charge is 0.352 e. The molecule has 0 spiro atoms. The van der Waals surface area contributed by atoms with Gasteiger partial charge in [-0.15, -0.1) is 11.3 Å². The Bertz CT molecular complexity index is 457. The number of carboxylic acids is 1. The molecule has 0 saturated carbocycles. The van der Waals surface area contributed by atoms with E-state index < -0.39 is 5.97 Å². The van der Waals surface area contributed by atoms with Crippen molar-refractivity contribution in [2.24, 2.45) is 0 Å². The van der Waals surface area contributed by atoms with Gasteiger partial charge in [0.25, 0.3) is 0 Å². The van der Waals surface area contributed by atoms with Gasteiger partial charge in [-0.3, -0.25) is 0 Å². The number of H-pyrrole nitrogens is 1. The van der Waals surface area contributed by atoms with Crippen LogP contribution in [-0.2, 0) is 0 Å². The summed E-state index contributed by atoms with van der Waals surface area (Å²) in [5.74, 6) is -0.241. The number of hydrogen-bond donors (Lipinski definition) is 2. The summed E-state index contributed by atoms with van der Waals surface area (Å²) < 4.78 is 5.06. The van der Waals surface area contributed by atoms with E-state index in [-0.39, 0.29) is 5.69 Å². The lowest BCUT2D eigenvalue weighted by Gasteiger charge is -1.91. The third kappa shape index (κ3) is 1.17. The maximum absolute atomic E-state index is 10.6. The van der Waals surface area contributed by atoms with Crippen LogP contribution in [0.2, 0.25) is 0 Å². The quantitative estimate of drug-likeness (QED) is 0.773. The van der Waals surface area contributed by atoms with Crippen LogP contribution in [-0.4, -0.2) is 23.2 Å². The second-order valence-corrected chi connectivity index (χ2v) is 3.41. The molecule has 2 N–H and O–H groups in total. The molecule has 0 amide bonds. The summed E-state index contributed by atoms with van der Waals surface area (Å²) in [7, 11) is 1.56. The zero-order valence-electron chi connectivity index (χ0n) is 6.83. The van der Waals surface area contributed by atoms with Gasteiger partial charge in [0.2, 0.25) is 0 Å². The summed E-state index contributed by atoms with van der Waals surface area (Å²) in [4.78, 5) is 14.2. The summed E-state index contributed by atoms with van der Waals surface area (Å²) >= 11 is 1.43. The number of carbonyl (C=O) groups is 1. The maximum atomic E-state index is 10.6. The molecule has 2 heterocycles. The lowest BCUT2D eigenvalue weighted by molar-refractivity contribution is 0.0691. The van der Waals surface area contributed by atoms with E-state index in [9.17, 15) is 4.79 Å². The summed E-state index contributed by atoms with van der Waals surface area (Å²) in [6, 6.07) is 1.58. The number of ether oxygens (including phenoxy) is 1. The molecule has 0 aromatic carbocycles. The molecule has 13 heavy (non-hydrogen) atoms. The number of carboxylic acid groups (broad SMARTS) is 1. The Balaban J connectivity index is 2.63. The van der Waals surface area contributed by atoms with Crippen LogP contribution >= 0.6 is 11.3 Å². The fourth-order valence-electron chi connectivity index (χ4n) is 1.16. The van der Waals surface area contributed by atoms with Gasteiger partial charge >= 0.3 is 5.97 Å². The lowest BCUT2D eigenvalue weighted by atomic mass is 10.3. The summed E-state index contributed by atoms with van der Waals surface area (Å²) in [5.41, 5.74) is 0.195. The van der Waals surface area contributed by atoms with E-state index in [4.69, 9.17) is 9.84 Å². The molecule has 0 saturated heterocycles. The van der Waals surface area contributed by atoms with Gasteiger partial charge in [-0.25, -0.2) is 4.79 Å². The Kier molecular flexibility index (Phi) is 1.73. The van der Waals surface area contributed by atoms with E-state index in [2.05, 4.69) is 4.98 Å². The van der Waals surface area contributed by atoms with Crippen LogP contribution in [0, 0.1) is 0 Å². The topological polar surface area (TPSA) is 62.3 Å². The fourth-order valence-corrected chi connectivity index (χ4v) is 2.06. The predicted molar refractivity (Wildman–Crippen MR) is 49.7 cm³/mol. The van der Waals surface area contributed by atoms with Crippen molar-refractivity contribution in [2.75, 3.05) is 7.11 Å². The molecule has 4 nitrogen and oxygen atoms in total. The van der Waals surface area contributed by atoms with Gasteiger partial charge < -0.3 is 14.8 Å². The Labute approximate surface area is 77.8 Å². The zero-order chi connectivity index (χ0) is 9.42. The minimum atomic E-state index is -0.953. The highest BCUT2D eigenvalue weighted by Crippen LogP contribution is 2.32. The Hall–Kier alpha value is -1.49. The van der Waals surface area contributed by atoms with Crippen LogP contribution in [0.4, 0.5) is 0 Å². The van der Waals surface area contributed by atoms with Gasteiger partial charge in [-0.1, -0.05) is 0 Å². The van der Waals surface area contributed by atoms with Crippen molar-refractivity contribution < 1.29 is 14.6 Å². The van der Waals surface area contributed by atoms with Crippen LogP contribution in [0.1, 0.15) is 10.5 Å². The van der Waals surface area contributed by atoms with Crippen LogP contribution < -0.4 is 4.74 Å². The number of methoxy groups -OCH3 is 1. The van der Waals surface area contributed by atoms with E-state index in [0.717, 1.165) is 10.2 Å². The number of aromatic carboxylic acids is 1.